The minimum Gasteiger partial charge on any atom is -0.338 e. The summed E-state index contributed by atoms with van der Waals surface area (Å²) >= 11 is 1.73. The lowest BCUT2D eigenvalue weighted by Gasteiger charge is -2.39. The van der Waals surface area contributed by atoms with E-state index in [1.54, 1.807) is 11.8 Å². The number of rotatable bonds is 5. The molecule has 16 heavy (non-hydrogen) atoms. The molecule has 94 valence electrons. The van der Waals surface area contributed by atoms with Gasteiger partial charge in [0.15, 0.2) is 0 Å². The molecule has 0 spiro atoms. The van der Waals surface area contributed by atoms with E-state index in [1.165, 1.54) is 6.42 Å². The van der Waals surface area contributed by atoms with E-state index in [9.17, 15) is 4.79 Å². The highest BCUT2D eigenvalue weighted by atomic mass is 32.2. The first-order valence-electron chi connectivity index (χ1n) is 6.21. The Labute approximate surface area is 103 Å². The minimum atomic E-state index is 0.285. The molecule has 0 aromatic carbocycles. The maximum absolute atomic E-state index is 12.0. The molecule has 1 aliphatic heterocycles. The normalized spacial score (nSPS) is 25.8. The molecule has 0 aromatic heterocycles. The predicted octanol–water partition coefficient (Wildman–Crippen LogP) is 1.72. The van der Waals surface area contributed by atoms with E-state index in [1.807, 2.05) is 11.2 Å². The van der Waals surface area contributed by atoms with E-state index < -0.39 is 0 Å². The van der Waals surface area contributed by atoms with Crippen LogP contribution in [-0.4, -0.2) is 41.9 Å². The van der Waals surface area contributed by atoms with Crippen molar-refractivity contribution in [1.29, 1.82) is 0 Å². The van der Waals surface area contributed by atoms with Gasteiger partial charge in [-0.15, -0.1) is 0 Å². The molecule has 3 nitrogen and oxygen atoms in total. The van der Waals surface area contributed by atoms with E-state index in [0.29, 0.717) is 18.9 Å². The summed E-state index contributed by atoms with van der Waals surface area (Å²) in [6, 6.07) is 0.285. The van der Waals surface area contributed by atoms with Crippen LogP contribution >= 0.6 is 11.8 Å². The van der Waals surface area contributed by atoms with Gasteiger partial charge in [-0.1, -0.05) is 13.3 Å². The summed E-state index contributed by atoms with van der Waals surface area (Å²) in [5.74, 6) is 1.97. The monoisotopic (exact) mass is 244 g/mol. The highest BCUT2D eigenvalue weighted by molar-refractivity contribution is 7.98. The fourth-order valence-corrected chi connectivity index (χ4v) is 2.77. The fourth-order valence-electron chi connectivity index (χ4n) is 2.39. The topological polar surface area (TPSA) is 46.3 Å². The lowest BCUT2D eigenvalue weighted by atomic mass is 9.89. The third-order valence-electron chi connectivity index (χ3n) is 3.51. The van der Waals surface area contributed by atoms with Gasteiger partial charge in [0.1, 0.15) is 0 Å². The van der Waals surface area contributed by atoms with Crippen LogP contribution in [0.1, 0.15) is 32.6 Å². The average molecular weight is 244 g/mol. The Hall–Kier alpha value is -0.220. The molecule has 0 bridgehead atoms. The summed E-state index contributed by atoms with van der Waals surface area (Å²) in [5.41, 5.74) is 5.78. The van der Waals surface area contributed by atoms with Crippen molar-refractivity contribution in [2.75, 3.05) is 25.1 Å². The summed E-state index contributed by atoms with van der Waals surface area (Å²) in [6.45, 7) is 3.75. The smallest absolute Gasteiger partial charge is 0.223 e. The lowest BCUT2D eigenvalue weighted by Crippen LogP contribution is -2.49. The molecule has 1 fully saturated rings. The number of carbonyl (C=O) groups excluding carboxylic acids is 1. The number of likely N-dealkylation sites (tertiary alicyclic amines) is 1. The van der Waals surface area contributed by atoms with Gasteiger partial charge >= 0.3 is 0 Å². The Bertz CT molecular complexity index is 223. The lowest BCUT2D eigenvalue weighted by molar-refractivity contribution is -0.134. The summed E-state index contributed by atoms with van der Waals surface area (Å²) in [6.07, 6.45) is 6.16. The van der Waals surface area contributed by atoms with Gasteiger partial charge in [-0.2, -0.15) is 11.8 Å². The highest BCUT2D eigenvalue weighted by Crippen LogP contribution is 2.25. The number of hydrogen-bond donors (Lipinski definition) is 1. The minimum absolute atomic E-state index is 0.285. The van der Waals surface area contributed by atoms with Crippen molar-refractivity contribution in [2.24, 2.45) is 11.7 Å². The van der Waals surface area contributed by atoms with Gasteiger partial charge in [-0.3, -0.25) is 4.79 Å². The van der Waals surface area contributed by atoms with E-state index >= 15 is 0 Å². The van der Waals surface area contributed by atoms with Crippen LogP contribution in [0, 0.1) is 5.92 Å². The van der Waals surface area contributed by atoms with Gasteiger partial charge in [0.05, 0.1) is 0 Å². The van der Waals surface area contributed by atoms with Crippen molar-refractivity contribution in [3.63, 3.8) is 0 Å². The third-order valence-corrected chi connectivity index (χ3v) is 4.13. The number of piperidine rings is 1. The molecule has 0 saturated carbocycles. The average Bonchev–Trinajstić information content (AvgIpc) is 2.34. The SMILES string of the molecule is CCC1CCN(C(=O)CCSC)C(CN)C1. The number of nitrogens with two attached hydrogens (primary N) is 1. The molecule has 1 aliphatic rings. The molecule has 0 aliphatic carbocycles. The molecular weight excluding hydrogens is 220 g/mol. The second kappa shape index (κ2) is 7.17. The van der Waals surface area contributed by atoms with Crippen molar-refractivity contribution in [3.05, 3.63) is 0 Å². The van der Waals surface area contributed by atoms with Gasteiger partial charge < -0.3 is 10.6 Å². The quantitative estimate of drug-likeness (QED) is 0.801. The van der Waals surface area contributed by atoms with Crippen LogP contribution in [0.5, 0.6) is 0 Å². The van der Waals surface area contributed by atoms with E-state index in [0.717, 1.165) is 31.1 Å². The zero-order valence-corrected chi connectivity index (χ0v) is 11.3. The van der Waals surface area contributed by atoms with Gasteiger partial charge in [-0.05, 0) is 25.0 Å². The van der Waals surface area contributed by atoms with Gasteiger partial charge in [0.25, 0.3) is 0 Å². The molecule has 2 atom stereocenters. The van der Waals surface area contributed by atoms with E-state index in [4.69, 9.17) is 5.73 Å². The number of nitrogens with zero attached hydrogens (tertiary/aromatic N) is 1. The molecule has 0 radical (unpaired) electrons. The van der Waals surface area contributed by atoms with Crippen molar-refractivity contribution in [3.8, 4) is 0 Å². The zero-order chi connectivity index (χ0) is 12.0. The molecule has 4 heteroatoms. The van der Waals surface area contributed by atoms with Crippen LogP contribution < -0.4 is 5.73 Å². The first-order valence-corrected chi connectivity index (χ1v) is 7.60. The van der Waals surface area contributed by atoms with Crippen LogP contribution in [0.4, 0.5) is 0 Å². The second-order valence-corrected chi connectivity index (χ2v) is 5.50. The van der Waals surface area contributed by atoms with Gasteiger partial charge in [-0.25, -0.2) is 0 Å². The van der Waals surface area contributed by atoms with E-state index in [2.05, 4.69) is 6.92 Å². The Kier molecular flexibility index (Phi) is 6.21. The fraction of sp³-hybridized carbons (Fsp3) is 0.917. The van der Waals surface area contributed by atoms with Gasteiger partial charge in [0, 0.05) is 31.3 Å². The van der Waals surface area contributed by atoms with Crippen LogP contribution in [0.15, 0.2) is 0 Å². The molecule has 0 aromatic rings. The molecular formula is C12H24N2OS. The van der Waals surface area contributed by atoms with Crippen molar-refractivity contribution in [2.45, 2.75) is 38.6 Å². The van der Waals surface area contributed by atoms with Crippen LogP contribution in [0.25, 0.3) is 0 Å². The Morgan fingerprint density at radius 1 is 1.56 bits per heavy atom. The predicted molar refractivity (Wildman–Crippen MR) is 70.6 cm³/mol. The largest absolute Gasteiger partial charge is 0.338 e. The molecule has 1 heterocycles. The van der Waals surface area contributed by atoms with Crippen molar-refractivity contribution >= 4 is 17.7 Å². The number of carbonyl (C=O) groups is 1. The van der Waals surface area contributed by atoms with Crippen LogP contribution in [0.2, 0.25) is 0 Å². The molecule has 1 rings (SSSR count). The van der Waals surface area contributed by atoms with Crippen LogP contribution in [0.3, 0.4) is 0 Å². The standard InChI is InChI=1S/C12H24N2OS/c1-3-10-4-6-14(11(8-10)9-13)12(15)5-7-16-2/h10-11H,3-9,13H2,1-2H3. The zero-order valence-electron chi connectivity index (χ0n) is 10.4. The molecule has 2 N–H and O–H groups in total. The summed E-state index contributed by atoms with van der Waals surface area (Å²) < 4.78 is 0. The Morgan fingerprint density at radius 2 is 2.31 bits per heavy atom. The first kappa shape index (κ1) is 13.8. The summed E-state index contributed by atoms with van der Waals surface area (Å²) in [7, 11) is 0. The number of thioether (sulfide) groups is 1. The molecule has 1 amide bonds. The maximum atomic E-state index is 12.0. The molecule has 2 unspecified atom stereocenters. The van der Waals surface area contributed by atoms with E-state index in [-0.39, 0.29) is 6.04 Å². The maximum Gasteiger partial charge on any atom is 0.223 e. The number of amides is 1. The molecule has 1 saturated heterocycles. The summed E-state index contributed by atoms with van der Waals surface area (Å²) in [5, 5.41) is 0. The number of hydrogen-bond acceptors (Lipinski definition) is 3. The second-order valence-electron chi connectivity index (χ2n) is 4.52. The summed E-state index contributed by atoms with van der Waals surface area (Å²) in [4.78, 5) is 14.0. The first-order chi connectivity index (χ1) is 7.72. The van der Waals surface area contributed by atoms with Gasteiger partial charge in [0.2, 0.25) is 5.91 Å². The Morgan fingerprint density at radius 3 is 2.88 bits per heavy atom. The van der Waals surface area contributed by atoms with Crippen LogP contribution in [-0.2, 0) is 4.79 Å². The highest BCUT2D eigenvalue weighted by Gasteiger charge is 2.29. The third kappa shape index (κ3) is 3.67. The van der Waals surface area contributed by atoms with Crippen molar-refractivity contribution < 1.29 is 4.79 Å². The Balaban J connectivity index is 2.49. The van der Waals surface area contributed by atoms with Crippen molar-refractivity contribution in [1.82, 2.24) is 4.90 Å².